The third-order valence-electron chi connectivity index (χ3n) is 3.29. The highest BCUT2D eigenvalue weighted by molar-refractivity contribution is 5.71. The smallest absolute Gasteiger partial charge is 0.152 e. The van der Waals surface area contributed by atoms with Crippen molar-refractivity contribution in [2.75, 3.05) is 11.9 Å². The molecule has 0 bridgehead atoms. The fourth-order valence-electron chi connectivity index (χ4n) is 1.99. The van der Waals surface area contributed by atoms with Crippen molar-refractivity contribution < 1.29 is 0 Å². The predicted octanol–water partition coefficient (Wildman–Crippen LogP) is 3.75. The molecule has 0 fully saturated rings. The largest absolute Gasteiger partial charge is 0.369 e. The molecule has 2 aromatic rings. The Bertz CT molecular complexity index is 559. The van der Waals surface area contributed by atoms with E-state index >= 15 is 0 Å². The molecule has 1 N–H and O–H groups in total. The van der Waals surface area contributed by atoms with E-state index in [1.165, 1.54) is 5.56 Å². The van der Waals surface area contributed by atoms with Crippen molar-refractivity contribution in [1.29, 1.82) is 0 Å². The molecular weight excluding hydrogens is 234 g/mol. The van der Waals surface area contributed by atoms with E-state index in [1.807, 2.05) is 13.8 Å². The topological polar surface area (TPSA) is 37.8 Å². The molecule has 3 heteroatoms. The summed E-state index contributed by atoms with van der Waals surface area (Å²) in [5, 5.41) is 3.30. The highest BCUT2D eigenvalue weighted by Crippen LogP contribution is 2.25. The van der Waals surface area contributed by atoms with Crippen LogP contribution in [-0.2, 0) is 6.42 Å². The highest BCUT2D eigenvalue weighted by atomic mass is 15.0. The zero-order valence-corrected chi connectivity index (χ0v) is 12.1. The van der Waals surface area contributed by atoms with Gasteiger partial charge in [-0.2, -0.15) is 0 Å². The molecule has 0 aliphatic rings. The summed E-state index contributed by atoms with van der Waals surface area (Å²) in [7, 11) is 0. The molecule has 1 aromatic carbocycles. The third-order valence-corrected chi connectivity index (χ3v) is 3.29. The van der Waals surface area contributed by atoms with Crippen LogP contribution in [0.25, 0.3) is 11.3 Å². The number of rotatable bonds is 4. The summed E-state index contributed by atoms with van der Waals surface area (Å²) >= 11 is 0. The van der Waals surface area contributed by atoms with E-state index in [1.54, 1.807) is 0 Å². The van der Waals surface area contributed by atoms with Gasteiger partial charge >= 0.3 is 0 Å². The van der Waals surface area contributed by atoms with E-state index in [2.05, 4.69) is 48.4 Å². The minimum Gasteiger partial charge on any atom is -0.369 e. The SMILES string of the molecule is CCNc1nc(C)c(C)nc1-c1ccc(CC)cc1. The Labute approximate surface area is 115 Å². The van der Waals surface area contributed by atoms with Gasteiger partial charge in [0, 0.05) is 12.1 Å². The molecule has 0 aliphatic heterocycles. The Kier molecular flexibility index (Phi) is 4.15. The standard InChI is InChI=1S/C16H21N3/c1-5-13-7-9-14(10-8-13)15-16(17-6-2)19-12(4)11(3)18-15/h7-10H,5-6H2,1-4H3,(H,17,19). The molecule has 0 spiro atoms. The Balaban J connectivity index is 2.49. The number of hydrogen-bond acceptors (Lipinski definition) is 3. The Morgan fingerprint density at radius 3 is 2.16 bits per heavy atom. The van der Waals surface area contributed by atoms with Crippen LogP contribution in [0.3, 0.4) is 0 Å². The van der Waals surface area contributed by atoms with E-state index in [4.69, 9.17) is 4.98 Å². The second-order valence-electron chi connectivity index (χ2n) is 4.67. The van der Waals surface area contributed by atoms with E-state index in [-0.39, 0.29) is 0 Å². The minimum atomic E-state index is 0.844. The lowest BCUT2D eigenvalue weighted by Crippen LogP contribution is -2.06. The van der Waals surface area contributed by atoms with Gasteiger partial charge in [0.25, 0.3) is 0 Å². The fraction of sp³-hybridized carbons (Fsp3) is 0.375. The van der Waals surface area contributed by atoms with Crippen LogP contribution in [0, 0.1) is 13.8 Å². The van der Waals surface area contributed by atoms with Crippen molar-refractivity contribution in [3.63, 3.8) is 0 Å². The molecule has 1 heterocycles. The molecule has 0 saturated heterocycles. The van der Waals surface area contributed by atoms with Gasteiger partial charge in [-0.3, -0.25) is 0 Å². The third kappa shape index (κ3) is 2.92. The first-order valence-corrected chi connectivity index (χ1v) is 6.84. The van der Waals surface area contributed by atoms with Gasteiger partial charge in [0.15, 0.2) is 5.82 Å². The van der Waals surface area contributed by atoms with Crippen LogP contribution in [0.15, 0.2) is 24.3 Å². The molecule has 0 radical (unpaired) electrons. The van der Waals surface area contributed by atoms with E-state index in [0.717, 1.165) is 41.4 Å². The monoisotopic (exact) mass is 255 g/mol. The van der Waals surface area contributed by atoms with E-state index in [9.17, 15) is 0 Å². The summed E-state index contributed by atoms with van der Waals surface area (Å²) in [5.74, 6) is 0.870. The van der Waals surface area contributed by atoms with Crippen LogP contribution >= 0.6 is 0 Å². The number of nitrogens with zero attached hydrogens (tertiary/aromatic N) is 2. The maximum atomic E-state index is 4.69. The fourth-order valence-corrected chi connectivity index (χ4v) is 1.99. The maximum Gasteiger partial charge on any atom is 0.152 e. The number of anilines is 1. The summed E-state index contributed by atoms with van der Waals surface area (Å²) in [6, 6.07) is 8.56. The van der Waals surface area contributed by atoms with Crippen molar-refractivity contribution in [2.45, 2.75) is 34.1 Å². The summed E-state index contributed by atoms with van der Waals surface area (Å²) in [6.07, 6.45) is 1.05. The summed E-state index contributed by atoms with van der Waals surface area (Å²) in [5.41, 5.74) is 5.35. The molecule has 3 nitrogen and oxygen atoms in total. The van der Waals surface area contributed by atoms with Crippen molar-refractivity contribution in [2.24, 2.45) is 0 Å². The number of hydrogen-bond donors (Lipinski definition) is 1. The molecule has 0 saturated carbocycles. The molecule has 2 rings (SSSR count). The quantitative estimate of drug-likeness (QED) is 0.904. The van der Waals surface area contributed by atoms with Crippen LogP contribution in [-0.4, -0.2) is 16.5 Å². The maximum absolute atomic E-state index is 4.69. The predicted molar refractivity (Wildman–Crippen MR) is 80.5 cm³/mol. The Hall–Kier alpha value is -1.90. The van der Waals surface area contributed by atoms with Crippen molar-refractivity contribution in [1.82, 2.24) is 9.97 Å². The first-order valence-electron chi connectivity index (χ1n) is 6.84. The average molecular weight is 255 g/mol. The molecule has 0 unspecified atom stereocenters. The van der Waals surface area contributed by atoms with Crippen molar-refractivity contribution >= 4 is 5.82 Å². The molecular formula is C16H21N3. The van der Waals surface area contributed by atoms with Crippen LogP contribution in [0.1, 0.15) is 30.8 Å². The number of nitrogens with one attached hydrogen (secondary N) is 1. The second-order valence-corrected chi connectivity index (χ2v) is 4.67. The van der Waals surface area contributed by atoms with Crippen molar-refractivity contribution in [3.05, 3.63) is 41.2 Å². The lowest BCUT2D eigenvalue weighted by molar-refractivity contribution is 1.03. The number of aryl methyl sites for hydroxylation is 3. The molecule has 0 amide bonds. The second kappa shape index (κ2) is 5.83. The minimum absolute atomic E-state index is 0.844. The zero-order chi connectivity index (χ0) is 13.8. The molecule has 1 aromatic heterocycles. The van der Waals surface area contributed by atoms with Crippen LogP contribution < -0.4 is 5.32 Å². The molecule has 0 atom stereocenters. The van der Waals surface area contributed by atoms with Gasteiger partial charge in [-0.25, -0.2) is 9.97 Å². The van der Waals surface area contributed by atoms with Gasteiger partial charge in [-0.15, -0.1) is 0 Å². The van der Waals surface area contributed by atoms with Gasteiger partial charge in [-0.1, -0.05) is 31.2 Å². The first-order chi connectivity index (χ1) is 9.15. The van der Waals surface area contributed by atoms with Crippen LogP contribution in [0.2, 0.25) is 0 Å². The first kappa shape index (κ1) is 13.5. The molecule has 100 valence electrons. The van der Waals surface area contributed by atoms with Gasteiger partial charge in [0.1, 0.15) is 5.69 Å². The van der Waals surface area contributed by atoms with Gasteiger partial charge < -0.3 is 5.32 Å². The number of benzene rings is 1. The van der Waals surface area contributed by atoms with E-state index in [0.29, 0.717) is 0 Å². The van der Waals surface area contributed by atoms with E-state index < -0.39 is 0 Å². The summed E-state index contributed by atoms with van der Waals surface area (Å²) in [4.78, 5) is 9.30. The lowest BCUT2D eigenvalue weighted by atomic mass is 10.1. The molecule has 19 heavy (non-hydrogen) atoms. The Morgan fingerprint density at radius 1 is 0.947 bits per heavy atom. The van der Waals surface area contributed by atoms with Gasteiger partial charge in [0.2, 0.25) is 0 Å². The van der Waals surface area contributed by atoms with Crippen LogP contribution in [0.5, 0.6) is 0 Å². The average Bonchev–Trinajstić information content (AvgIpc) is 2.43. The Morgan fingerprint density at radius 2 is 1.58 bits per heavy atom. The molecule has 0 aliphatic carbocycles. The van der Waals surface area contributed by atoms with Gasteiger partial charge in [0.05, 0.1) is 11.4 Å². The van der Waals surface area contributed by atoms with Gasteiger partial charge in [-0.05, 0) is 32.8 Å². The number of aromatic nitrogens is 2. The lowest BCUT2D eigenvalue weighted by Gasteiger charge is -2.12. The summed E-state index contributed by atoms with van der Waals surface area (Å²) < 4.78 is 0. The normalized spacial score (nSPS) is 10.5. The zero-order valence-electron chi connectivity index (χ0n) is 12.1. The summed E-state index contributed by atoms with van der Waals surface area (Å²) in [6.45, 7) is 9.07. The van der Waals surface area contributed by atoms with Crippen LogP contribution in [0.4, 0.5) is 5.82 Å². The van der Waals surface area contributed by atoms with Crippen molar-refractivity contribution in [3.8, 4) is 11.3 Å². The highest BCUT2D eigenvalue weighted by Gasteiger charge is 2.10.